The third kappa shape index (κ3) is 5.27. The van der Waals surface area contributed by atoms with Crippen molar-refractivity contribution in [2.45, 2.75) is 103 Å². The zero-order valence-electron chi connectivity index (χ0n) is 19.4. The van der Waals surface area contributed by atoms with Gasteiger partial charge in [-0.2, -0.15) is 0 Å². The van der Waals surface area contributed by atoms with Crippen LogP contribution in [0.25, 0.3) is 0 Å². The molecule has 0 aromatic rings. The third-order valence-corrected chi connectivity index (χ3v) is 7.96. The summed E-state index contributed by atoms with van der Waals surface area (Å²) < 4.78 is 6.19. The van der Waals surface area contributed by atoms with Gasteiger partial charge in [0.05, 0.1) is 23.9 Å². The highest BCUT2D eigenvalue weighted by molar-refractivity contribution is 5.38. The van der Waals surface area contributed by atoms with Crippen molar-refractivity contribution in [2.75, 3.05) is 6.61 Å². The van der Waals surface area contributed by atoms with E-state index in [0.29, 0.717) is 37.7 Å². The summed E-state index contributed by atoms with van der Waals surface area (Å²) in [5, 5.41) is 30.1. The van der Waals surface area contributed by atoms with Crippen LogP contribution in [0.2, 0.25) is 0 Å². The molecule has 0 amide bonds. The quantitative estimate of drug-likeness (QED) is 0.585. The van der Waals surface area contributed by atoms with E-state index in [-0.39, 0.29) is 11.5 Å². The molecule has 30 heavy (non-hydrogen) atoms. The third-order valence-electron chi connectivity index (χ3n) is 7.96. The molecule has 3 aliphatic carbocycles. The molecule has 0 aliphatic heterocycles. The topological polar surface area (TPSA) is 69.9 Å². The van der Waals surface area contributed by atoms with E-state index >= 15 is 0 Å². The molecule has 0 unspecified atom stereocenters. The van der Waals surface area contributed by atoms with Crippen LogP contribution in [0.4, 0.5) is 0 Å². The summed E-state index contributed by atoms with van der Waals surface area (Å²) in [6, 6.07) is 0. The molecule has 0 bridgehead atoms. The fourth-order valence-electron chi connectivity index (χ4n) is 6.13. The van der Waals surface area contributed by atoms with Crippen LogP contribution in [0.1, 0.15) is 79.1 Å². The molecule has 3 rings (SSSR count). The Morgan fingerprint density at radius 2 is 2.00 bits per heavy atom. The highest BCUT2D eigenvalue weighted by Gasteiger charge is 2.51. The number of hydrogen-bond acceptors (Lipinski definition) is 4. The molecule has 3 aliphatic rings. The van der Waals surface area contributed by atoms with Crippen LogP contribution in [-0.4, -0.2) is 45.8 Å². The van der Waals surface area contributed by atoms with E-state index < -0.39 is 17.8 Å². The molecule has 170 valence electrons. The highest BCUT2D eigenvalue weighted by atomic mass is 16.5. The van der Waals surface area contributed by atoms with Gasteiger partial charge >= 0.3 is 0 Å². The minimum Gasteiger partial charge on any atom is -0.393 e. The Bertz CT molecular complexity index is 686. The predicted octanol–water partition coefficient (Wildman–Crippen LogP) is 4.69. The van der Waals surface area contributed by atoms with E-state index in [2.05, 4.69) is 32.6 Å². The fraction of sp³-hybridized carbons (Fsp3) is 0.769. The van der Waals surface area contributed by atoms with Crippen molar-refractivity contribution < 1.29 is 20.1 Å². The Labute approximate surface area is 182 Å². The standard InChI is InChI=1S/C26H42O4/c1-17-20(15-21(27)16-24(17)28)9-8-19-7-6-12-26(5)22(10-11-23(19)26)18(2)30-14-13-25(3,4)29/h8-9,18,21-24,27-29H,1,6-7,10-16H2,2-5H3/b19-8+,20-9-/t18-,21+,22+,23-,24+,26+/m0/s1. The second kappa shape index (κ2) is 9.28. The van der Waals surface area contributed by atoms with Gasteiger partial charge < -0.3 is 20.1 Å². The first-order chi connectivity index (χ1) is 14.0. The molecule has 4 nitrogen and oxygen atoms in total. The number of fused-ring (bicyclic) bond motifs is 1. The van der Waals surface area contributed by atoms with Crippen LogP contribution in [-0.2, 0) is 4.74 Å². The first kappa shape index (κ1) is 23.7. The van der Waals surface area contributed by atoms with Crippen molar-refractivity contribution in [1.29, 1.82) is 0 Å². The SMILES string of the molecule is C=C1/C(=C\C=C2/CCC[C@]3(C)[C@@H]([C@H](C)OCCC(C)(C)O)CC[C@@H]23)C[C@@H](O)C[C@H]1O. The van der Waals surface area contributed by atoms with Crippen molar-refractivity contribution in [3.05, 3.63) is 35.5 Å². The van der Waals surface area contributed by atoms with E-state index in [1.54, 1.807) is 0 Å². The Morgan fingerprint density at radius 1 is 1.27 bits per heavy atom. The lowest BCUT2D eigenvalue weighted by Gasteiger charge is -2.44. The van der Waals surface area contributed by atoms with Crippen LogP contribution in [0.5, 0.6) is 0 Å². The first-order valence-corrected chi connectivity index (χ1v) is 11.8. The Morgan fingerprint density at radius 3 is 2.70 bits per heavy atom. The number of aliphatic hydroxyl groups excluding tert-OH is 2. The van der Waals surface area contributed by atoms with Crippen molar-refractivity contribution >= 4 is 0 Å². The van der Waals surface area contributed by atoms with Gasteiger partial charge in [0.2, 0.25) is 0 Å². The maximum atomic E-state index is 10.1. The second-order valence-electron chi connectivity index (χ2n) is 10.8. The molecule has 0 radical (unpaired) electrons. The molecular weight excluding hydrogens is 376 g/mol. The molecule has 0 aromatic heterocycles. The van der Waals surface area contributed by atoms with Gasteiger partial charge in [0.25, 0.3) is 0 Å². The molecular formula is C26H42O4. The number of allylic oxidation sites excluding steroid dienone is 3. The molecule has 3 N–H and O–H groups in total. The average molecular weight is 419 g/mol. The maximum absolute atomic E-state index is 10.1. The van der Waals surface area contributed by atoms with Gasteiger partial charge in [-0.1, -0.05) is 31.2 Å². The van der Waals surface area contributed by atoms with E-state index in [0.717, 1.165) is 17.6 Å². The molecule has 3 fully saturated rings. The minimum atomic E-state index is -0.680. The highest BCUT2D eigenvalue weighted by Crippen LogP contribution is 2.58. The van der Waals surface area contributed by atoms with Crippen LogP contribution in [0.15, 0.2) is 35.5 Å². The van der Waals surface area contributed by atoms with Crippen molar-refractivity contribution in [2.24, 2.45) is 17.3 Å². The van der Waals surface area contributed by atoms with E-state index in [1.165, 1.54) is 31.3 Å². The fourth-order valence-corrected chi connectivity index (χ4v) is 6.13. The van der Waals surface area contributed by atoms with Crippen LogP contribution in [0.3, 0.4) is 0 Å². The Hall–Kier alpha value is -0.940. The molecule has 6 atom stereocenters. The van der Waals surface area contributed by atoms with Crippen LogP contribution < -0.4 is 0 Å². The van der Waals surface area contributed by atoms with Crippen LogP contribution >= 0.6 is 0 Å². The first-order valence-electron chi connectivity index (χ1n) is 11.8. The summed E-state index contributed by atoms with van der Waals surface area (Å²) in [5.41, 5.74) is 2.82. The van der Waals surface area contributed by atoms with Gasteiger partial charge in [-0.15, -0.1) is 0 Å². The lowest BCUT2D eigenvalue weighted by atomic mass is 9.62. The maximum Gasteiger partial charge on any atom is 0.0811 e. The van der Waals surface area contributed by atoms with Gasteiger partial charge in [0.15, 0.2) is 0 Å². The van der Waals surface area contributed by atoms with Crippen molar-refractivity contribution in [1.82, 2.24) is 0 Å². The lowest BCUT2D eigenvalue weighted by molar-refractivity contribution is -0.0454. The lowest BCUT2D eigenvalue weighted by Crippen LogP contribution is -2.39. The number of aliphatic hydroxyl groups is 3. The van der Waals surface area contributed by atoms with E-state index in [9.17, 15) is 15.3 Å². The second-order valence-corrected chi connectivity index (χ2v) is 10.8. The Balaban J connectivity index is 1.70. The molecule has 4 heteroatoms. The zero-order valence-corrected chi connectivity index (χ0v) is 19.4. The van der Waals surface area contributed by atoms with E-state index in [4.69, 9.17) is 4.74 Å². The predicted molar refractivity (Wildman–Crippen MR) is 121 cm³/mol. The summed E-state index contributed by atoms with van der Waals surface area (Å²) in [7, 11) is 0. The number of rotatable bonds is 6. The van der Waals surface area contributed by atoms with Gasteiger partial charge in [0, 0.05) is 13.0 Å². The minimum absolute atomic E-state index is 0.198. The molecule has 3 saturated carbocycles. The average Bonchev–Trinajstić information content (AvgIpc) is 3.00. The Kier molecular flexibility index (Phi) is 7.33. The molecule has 0 heterocycles. The van der Waals surface area contributed by atoms with Crippen molar-refractivity contribution in [3.8, 4) is 0 Å². The summed E-state index contributed by atoms with van der Waals surface area (Å²) in [5.74, 6) is 1.11. The normalized spacial score (nSPS) is 38.8. The zero-order chi connectivity index (χ0) is 22.1. The summed E-state index contributed by atoms with van der Waals surface area (Å²) >= 11 is 0. The number of hydrogen-bond donors (Lipinski definition) is 3. The van der Waals surface area contributed by atoms with Crippen LogP contribution in [0, 0.1) is 17.3 Å². The monoisotopic (exact) mass is 418 g/mol. The van der Waals surface area contributed by atoms with Gasteiger partial charge in [-0.25, -0.2) is 0 Å². The smallest absolute Gasteiger partial charge is 0.0811 e. The number of ether oxygens (including phenoxy) is 1. The van der Waals surface area contributed by atoms with Crippen molar-refractivity contribution in [3.63, 3.8) is 0 Å². The molecule has 0 saturated heterocycles. The van der Waals surface area contributed by atoms with E-state index in [1.807, 2.05) is 13.8 Å². The van der Waals surface area contributed by atoms with Gasteiger partial charge in [-0.3, -0.25) is 0 Å². The molecule has 0 aromatic carbocycles. The van der Waals surface area contributed by atoms with Gasteiger partial charge in [-0.05, 0) is 94.1 Å². The summed E-state index contributed by atoms with van der Waals surface area (Å²) in [4.78, 5) is 0. The molecule has 0 spiro atoms. The summed E-state index contributed by atoms with van der Waals surface area (Å²) in [6.45, 7) is 13.0. The summed E-state index contributed by atoms with van der Waals surface area (Å²) in [6.07, 6.45) is 11.0. The van der Waals surface area contributed by atoms with Gasteiger partial charge in [0.1, 0.15) is 0 Å². The largest absolute Gasteiger partial charge is 0.393 e.